The predicted octanol–water partition coefficient (Wildman–Crippen LogP) is 2.67. The van der Waals surface area contributed by atoms with Gasteiger partial charge in [-0.25, -0.2) is 14.5 Å². The number of ether oxygens (including phenoxy) is 3. The second-order valence-corrected chi connectivity index (χ2v) is 9.53. The molecule has 4 aromatic rings. The number of nitrogens with zero attached hydrogens (tertiary/aromatic N) is 5. The average molecular weight is 506 g/mol. The van der Waals surface area contributed by atoms with Crippen molar-refractivity contribution in [2.24, 2.45) is 0 Å². The van der Waals surface area contributed by atoms with Crippen molar-refractivity contribution in [2.75, 3.05) is 39.8 Å². The van der Waals surface area contributed by atoms with Crippen LogP contribution in [0.2, 0.25) is 0 Å². The first kappa shape index (κ1) is 23.8. The Morgan fingerprint density at radius 1 is 1.14 bits per heavy atom. The zero-order valence-electron chi connectivity index (χ0n) is 21.2. The fourth-order valence-electron chi connectivity index (χ4n) is 5.38. The molecule has 0 aromatic carbocycles. The van der Waals surface area contributed by atoms with Crippen LogP contribution in [0.5, 0.6) is 0 Å². The molecule has 4 aromatic heterocycles. The van der Waals surface area contributed by atoms with Crippen molar-refractivity contribution in [1.82, 2.24) is 29.5 Å². The van der Waals surface area contributed by atoms with Crippen LogP contribution in [0.1, 0.15) is 35.8 Å². The van der Waals surface area contributed by atoms with E-state index < -0.39 is 0 Å². The Bertz CT molecular complexity index is 1450. The fraction of sp³-hybridized carbons (Fsp3) is 0.462. The largest absolute Gasteiger partial charge is 0.385 e. The van der Waals surface area contributed by atoms with Gasteiger partial charge in [-0.1, -0.05) is 0 Å². The van der Waals surface area contributed by atoms with Gasteiger partial charge >= 0.3 is 0 Å². The molecule has 1 saturated heterocycles. The molecule has 2 N–H and O–H groups in total. The maximum Gasteiger partial charge on any atom is 0.271 e. The van der Waals surface area contributed by atoms with Crippen molar-refractivity contribution in [3.05, 3.63) is 42.5 Å². The SMILES string of the molecule is CNc1cc(-c2cn([C@@H]3CCOC[C@H]3OC)c3ncccc23)nn2c(C(=O)N[C@H]3CC[C@@H]3OC)cnc12. The smallest absolute Gasteiger partial charge is 0.271 e. The van der Waals surface area contributed by atoms with E-state index in [1.165, 1.54) is 0 Å². The zero-order chi connectivity index (χ0) is 25.5. The number of hydrogen-bond acceptors (Lipinski definition) is 8. The summed E-state index contributed by atoms with van der Waals surface area (Å²) in [5.74, 6) is -0.222. The quantitative estimate of drug-likeness (QED) is 0.394. The van der Waals surface area contributed by atoms with E-state index in [1.54, 1.807) is 31.1 Å². The Morgan fingerprint density at radius 3 is 2.76 bits per heavy atom. The standard InChI is InChI=1S/C26H31N7O4/c1-27-19-11-18(31-33-21(12-29-25(19)33)26(34)30-17-6-7-22(17)35-2)16-13-32(24-15(16)5-4-9-28-24)20-8-10-37-14-23(20)36-3/h4-5,9,11-13,17,20,22-23,27H,6-8,10,14H2,1-3H3,(H,30,34)/t17-,20+,22-,23+/m0/s1. The maximum absolute atomic E-state index is 13.2. The first-order valence-corrected chi connectivity index (χ1v) is 12.6. The Kier molecular flexibility index (Phi) is 6.27. The number of fused-ring (bicyclic) bond motifs is 2. The molecule has 2 aliphatic rings. The summed E-state index contributed by atoms with van der Waals surface area (Å²) in [7, 11) is 5.22. The van der Waals surface area contributed by atoms with E-state index in [2.05, 4.69) is 26.4 Å². The van der Waals surface area contributed by atoms with Crippen LogP contribution in [0.3, 0.4) is 0 Å². The highest BCUT2D eigenvalue weighted by molar-refractivity contribution is 5.96. The highest BCUT2D eigenvalue weighted by Crippen LogP contribution is 2.35. The van der Waals surface area contributed by atoms with Crippen molar-refractivity contribution in [1.29, 1.82) is 0 Å². The van der Waals surface area contributed by atoms with Crippen molar-refractivity contribution in [2.45, 2.75) is 43.6 Å². The molecule has 0 radical (unpaired) electrons. The van der Waals surface area contributed by atoms with Gasteiger partial charge in [-0.15, -0.1) is 0 Å². The van der Waals surface area contributed by atoms with Crippen LogP contribution < -0.4 is 10.6 Å². The molecule has 1 saturated carbocycles. The van der Waals surface area contributed by atoms with Crippen molar-refractivity contribution >= 4 is 28.3 Å². The van der Waals surface area contributed by atoms with E-state index in [0.717, 1.165) is 41.5 Å². The van der Waals surface area contributed by atoms with E-state index >= 15 is 0 Å². The topological polar surface area (TPSA) is 117 Å². The Hall–Kier alpha value is -3.54. The molecule has 0 unspecified atom stereocenters. The lowest BCUT2D eigenvalue weighted by atomic mass is 9.89. The van der Waals surface area contributed by atoms with Crippen LogP contribution in [0, 0.1) is 0 Å². The van der Waals surface area contributed by atoms with E-state index in [9.17, 15) is 4.79 Å². The fourth-order valence-corrected chi connectivity index (χ4v) is 5.38. The summed E-state index contributed by atoms with van der Waals surface area (Å²) in [6.45, 7) is 1.20. The molecule has 1 amide bonds. The molecule has 11 nitrogen and oxygen atoms in total. The van der Waals surface area contributed by atoms with Crippen molar-refractivity contribution in [3.8, 4) is 11.3 Å². The lowest BCUT2D eigenvalue weighted by Gasteiger charge is -2.35. The minimum Gasteiger partial charge on any atom is -0.385 e. The predicted molar refractivity (Wildman–Crippen MR) is 138 cm³/mol. The van der Waals surface area contributed by atoms with Gasteiger partial charge in [0.05, 0.1) is 42.4 Å². The van der Waals surface area contributed by atoms with Gasteiger partial charge in [-0.2, -0.15) is 5.10 Å². The van der Waals surface area contributed by atoms with Gasteiger partial charge in [0, 0.05) is 51.2 Å². The van der Waals surface area contributed by atoms with Crippen LogP contribution in [0.15, 0.2) is 36.8 Å². The summed E-state index contributed by atoms with van der Waals surface area (Å²) in [6, 6.07) is 6.01. The molecule has 1 aliphatic heterocycles. The van der Waals surface area contributed by atoms with E-state index in [1.807, 2.05) is 25.2 Å². The molecule has 6 rings (SSSR count). The van der Waals surface area contributed by atoms with Gasteiger partial charge in [0.15, 0.2) is 11.3 Å². The molecule has 37 heavy (non-hydrogen) atoms. The minimum absolute atomic E-state index is 0.00717. The minimum atomic E-state index is -0.222. The third kappa shape index (κ3) is 4.03. The van der Waals surface area contributed by atoms with Crippen LogP contribution in [0.25, 0.3) is 27.9 Å². The second kappa shape index (κ2) is 9.73. The number of aromatic nitrogens is 5. The Labute approximate surface area is 214 Å². The Morgan fingerprint density at radius 2 is 2.00 bits per heavy atom. The molecule has 5 heterocycles. The van der Waals surface area contributed by atoms with Crippen molar-refractivity contribution < 1.29 is 19.0 Å². The lowest BCUT2D eigenvalue weighted by molar-refractivity contribution is -0.0592. The molecule has 11 heteroatoms. The van der Waals surface area contributed by atoms with Crippen LogP contribution in [-0.2, 0) is 14.2 Å². The number of methoxy groups -OCH3 is 2. The Balaban J connectivity index is 1.45. The zero-order valence-corrected chi connectivity index (χ0v) is 21.2. The van der Waals surface area contributed by atoms with Gasteiger partial charge in [-0.05, 0) is 37.5 Å². The van der Waals surface area contributed by atoms with Crippen molar-refractivity contribution in [3.63, 3.8) is 0 Å². The lowest BCUT2D eigenvalue weighted by Crippen LogP contribution is -2.51. The molecular formula is C26H31N7O4. The summed E-state index contributed by atoms with van der Waals surface area (Å²) >= 11 is 0. The molecule has 2 fully saturated rings. The molecule has 4 atom stereocenters. The van der Waals surface area contributed by atoms with E-state index in [4.69, 9.17) is 24.3 Å². The number of carbonyl (C=O) groups is 1. The third-order valence-electron chi connectivity index (χ3n) is 7.59. The average Bonchev–Trinajstić information content (AvgIpc) is 3.53. The van der Waals surface area contributed by atoms with Crippen LogP contribution in [-0.4, -0.2) is 82.8 Å². The number of rotatable bonds is 7. The van der Waals surface area contributed by atoms with E-state index in [0.29, 0.717) is 30.2 Å². The second-order valence-electron chi connectivity index (χ2n) is 9.53. The number of imidazole rings is 1. The summed E-state index contributed by atoms with van der Waals surface area (Å²) < 4.78 is 20.6. The first-order chi connectivity index (χ1) is 18.1. The first-order valence-electron chi connectivity index (χ1n) is 12.6. The molecule has 1 aliphatic carbocycles. The summed E-state index contributed by atoms with van der Waals surface area (Å²) in [5, 5.41) is 12.2. The molecule has 0 bridgehead atoms. The number of amides is 1. The maximum atomic E-state index is 13.2. The monoisotopic (exact) mass is 505 g/mol. The number of pyridine rings is 1. The van der Waals surface area contributed by atoms with Crippen LogP contribution >= 0.6 is 0 Å². The van der Waals surface area contributed by atoms with Gasteiger partial charge in [-0.3, -0.25) is 4.79 Å². The molecule has 0 spiro atoms. The van der Waals surface area contributed by atoms with Gasteiger partial charge < -0.3 is 29.4 Å². The molecular weight excluding hydrogens is 474 g/mol. The normalized spacial score (nSPS) is 23.8. The highest BCUT2D eigenvalue weighted by atomic mass is 16.5. The molecule has 194 valence electrons. The summed E-state index contributed by atoms with van der Waals surface area (Å²) in [6.07, 6.45) is 8.07. The number of carbonyl (C=O) groups excluding carboxylic acids is 1. The highest BCUT2D eigenvalue weighted by Gasteiger charge is 2.33. The van der Waals surface area contributed by atoms with Gasteiger partial charge in [0.25, 0.3) is 5.91 Å². The summed E-state index contributed by atoms with van der Waals surface area (Å²) in [5.41, 5.74) is 4.22. The van der Waals surface area contributed by atoms with E-state index in [-0.39, 0.29) is 30.2 Å². The number of nitrogens with one attached hydrogen (secondary N) is 2. The third-order valence-corrected chi connectivity index (χ3v) is 7.59. The van der Waals surface area contributed by atoms with Gasteiger partial charge in [0.1, 0.15) is 11.8 Å². The number of hydrogen-bond donors (Lipinski definition) is 2. The van der Waals surface area contributed by atoms with Crippen LogP contribution in [0.4, 0.5) is 5.69 Å². The van der Waals surface area contributed by atoms with Gasteiger partial charge in [0.2, 0.25) is 0 Å². The summed E-state index contributed by atoms with van der Waals surface area (Å²) in [4.78, 5) is 22.4. The number of anilines is 1.